The molecule has 2 N–H and O–H groups in total. The molecule has 146 valence electrons. The van der Waals surface area contributed by atoms with E-state index in [0.717, 1.165) is 12.8 Å². The number of hydrogen-bond acceptors (Lipinski definition) is 3. The lowest BCUT2D eigenvalue weighted by Crippen LogP contribution is -2.40. The first kappa shape index (κ1) is 19.6. The standard InChI is InChI=1S/C22H26N4O2/c1-22(2,3)25-20(27)18-17-13-7-8-15-26(17)19(24-18)21(28)23-14-9-12-16-10-5-4-6-11-16/h4-8,10-11,13,15H,9,12,14H2,1-3H3,(H,23,28)(H,25,27). The Bertz CT molecular complexity index is 971. The molecule has 2 amide bonds. The lowest BCUT2D eigenvalue weighted by molar-refractivity contribution is 0.0916. The van der Waals surface area contributed by atoms with Crippen molar-refractivity contribution in [2.24, 2.45) is 0 Å². The minimum atomic E-state index is -0.387. The summed E-state index contributed by atoms with van der Waals surface area (Å²) in [5.74, 6) is -0.363. The summed E-state index contributed by atoms with van der Waals surface area (Å²) in [5.41, 5.74) is 1.72. The summed E-state index contributed by atoms with van der Waals surface area (Å²) < 4.78 is 1.66. The second-order valence-electron chi connectivity index (χ2n) is 7.79. The third-order valence-corrected chi connectivity index (χ3v) is 4.23. The molecule has 0 spiro atoms. The lowest BCUT2D eigenvalue weighted by Gasteiger charge is -2.19. The normalized spacial score (nSPS) is 11.4. The van der Waals surface area contributed by atoms with E-state index in [1.54, 1.807) is 16.7 Å². The highest BCUT2D eigenvalue weighted by Gasteiger charge is 2.23. The lowest BCUT2D eigenvalue weighted by atomic mass is 10.1. The van der Waals surface area contributed by atoms with Crippen molar-refractivity contribution in [3.63, 3.8) is 0 Å². The number of rotatable bonds is 6. The Labute approximate surface area is 165 Å². The number of hydrogen-bond donors (Lipinski definition) is 2. The zero-order valence-corrected chi connectivity index (χ0v) is 16.5. The third-order valence-electron chi connectivity index (χ3n) is 4.23. The third kappa shape index (κ3) is 4.76. The van der Waals surface area contributed by atoms with Crippen molar-refractivity contribution in [2.75, 3.05) is 6.54 Å². The van der Waals surface area contributed by atoms with Gasteiger partial charge >= 0.3 is 0 Å². The second kappa shape index (κ2) is 8.25. The summed E-state index contributed by atoms with van der Waals surface area (Å²) in [4.78, 5) is 29.6. The van der Waals surface area contributed by atoms with E-state index in [9.17, 15) is 9.59 Å². The van der Waals surface area contributed by atoms with Crippen LogP contribution in [-0.2, 0) is 6.42 Å². The van der Waals surface area contributed by atoms with Crippen LogP contribution in [0.15, 0.2) is 54.7 Å². The summed E-state index contributed by atoms with van der Waals surface area (Å²) in [6.07, 6.45) is 3.47. The number of aryl methyl sites for hydroxylation is 1. The van der Waals surface area contributed by atoms with Crippen molar-refractivity contribution < 1.29 is 9.59 Å². The van der Waals surface area contributed by atoms with Gasteiger partial charge in [-0.1, -0.05) is 36.4 Å². The molecule has 3 aromatic rings. The molecule has 0 saturated heterocycles. The summed E-state index contributed by atoms with van der Waals surface area (Å²) >= 11 is 0. The number of fused-ring (bicyclic) bond motifs is 1. The Kier molecular flexibility index (Phi) is 5.78. The van der Waals surface area contributed by atoms with E-state index in [1.165, 1.54) is 5.56 Å². The van der Waals surface area contributed by atoms with Gasteiger partial charge in [-0.15, -0.1) is 0 Å². The van der Waals surface area contributed by atoms with E-state index in [2.05, 4.69) is 27.8 Å². The van der Waals surface area contributed by atoms with Gasteiger partial charge in [0.2, 0.25) is 5.82 Å². The summed E-state index contributed by atoms with van der Waals surface area (Å²) in [6.45, 7) is 6.26. The van der Waals surface area contributed by atoms with Crippen LogP contribution in [0.5, 0.6) is 0 Å². The number of carbonyl (C=O) groups is 2. The van der Waals surface area contributed by atoms with Gasteiger partial charge in [-0.2, -0.15) is 0 Å². The Hall–Kier alpha value is -3.15. The SMILES string of the molecule is CC(C)(C)NC(=O)c1nc(C(=O)NCCCc2ccccc2)n2ccccc12. The van der Waals surface area contributed by atoms with Crippen LogP contribution in [0, 0.1) is 0 Å². The monoisotopic (exact) mass is 378 g/mol. The van der Waals surface area contributed by atoms with Crippen molar-refractivity contribution in [2.45, 2.75) is 39.2 Å². The minimum absolute atomic E-state index is 0.217. The molecule has 6 nitrogen and oxygen atoms in total. The average Bonchev–Trinajstić information content (AvgIpc) is 3.05. The second-order valence-corrected chi connectivity index (χ2v) is 7.79. The summed E-state index contributed by atoms with van der Waals surface area (Å²) in [6, 6.07) is 15.6. The zero-order valence-electron chi connectivity index (χ0n) is 16.5. The Balaban J connectivity index is 1.71. The molecule has 0 atom stereocenters. The smallest absolute Gasteiger partial charge is 0.287 e. The molecule has 0 aliphatic rings. The number of imidazole rings is 1. The van der Waals surface area contributed by atoms with Crippen molar-refractivity contribution >= 4 is 17.3 Å². The maximum atomic E-state index is 12.7. The van der Waals surface area contributed by atoms with Crippen LogP contribution in [0.2, 0.25) is 0 Å². The van der Waals surface area contributed by atoms with Gasteiger partial charge in [-0.25, -0.2) is 4.98 Å². The number of nitrogens with one attached hydrogen (secondary N) is 2. The van der Waals surface area contributed by atoms with Crippen molar-refractivity contribution in [1.82, 2.24) is 20.0 Å². The molecule has 0 aliphatic carbocycles. The zero-order chi connectivity index (χ0) is 20.1. The van der Waals surface area contributed by atoms with Gasteiger partial charge in [0, 0.05) is 18.3 Å². The number of nitrogens with zero attached hydrogens (tertiary/aromatic N) is 2. The van der Waals surface area contributed by atoms with Crippen molar-refractivity contribution in [3.8, 4) is 0 Å². The van der Waals surface area contributed by atoms with E-state index in [0.29, 0.717) is 12.1 Å². The molecule has 0 unspecified atom stereocenters. The Morgan fingerprint density at radius 3 is 2.43 bits per heavy atom. The first-order valence-corrected chi connectivity index (χ1v) is 9.47. The van der Waals surface area contributed by atoms with Crippen molar-refractivity contribution in [1.29, 1.82) is 0 Å². The minimum Gasteiger partial charge on any atom is -0.349 e. The van der Waals surface area contributed by atoms with Gasteiger partial charge in [-0.3, -0.25) is 14.0 Å². The molecule has 0 radical (unpaired) electrons. The number of carbonyl (C=O) groups excluding carboxylic acids is 2. The maximum absolute atomic E-state index is 12.7. The molecular formula is C22H26N4O2. The van der Waals surface area contributed by atoms with E-state index < -0.39 is 0 Å². The highest BCUT2D eigenvalue weighted by molar-refractivity contribution is 6.02. The molecule has 0 aliphatic heterocycles. The number of benzene rings is 1. The largest absolute Gasteiger partial charge is 0.349 e. The molecule has 28 heavy (non-hydrogen) atoms. The van der Waals surface area contributed by atoms with Gasteiger partial charge < -0.3 is 10.6 Å². The predicted molar refractivity (Wildman–Crippen MR) is 110 cm³/mol. The topological polar surface area (TPSA) is 75.5 Å². The van der Waals surface area contributed by atoms with E-state index in [4.69, 9.17) is 0 Å². The number of amides is 2. The summed E-state index contributed by atoms with van der Waals surface area (Å²) in [7, 11) is 0. The number of aromatic nitrogens is 2. The quantitative estimate of drug-likeness (QED) is 0.647. The molecule has 1 aromatic carbocycles. The highest BCUT2D eigenvalue weighted by atomic mass is 16.2. The van der Waals surface area contributed by atoms with Crippen LogP contribution in [0.1, 0.15) is 53.9 Å². The van der Waals surface area contributed by atoms with Gasteiger partial charge in [0.05, 0.1) is 5.52 Å². The first-order chi connectivity index (χ1) is 13.3. The van der Waals surface area contributed by atoms with Gasteiger partial charge in [0.1, 0.15) is 0 Å². The van der Waals surface area contributed by atoms with E-state index in [-0.39, 0.29) is 28.9 Å². The molecule has 6 heteroatoms. The van der Waals surface area contributed by atoms with Crippen LogP contribution in [0.3, 0.4) is 0 Å². The van der Waals surface area contributed by atoms with Gasteiger partial charge in [-0.05, 0) is 51.3 Å². The molecule has 0 saturated carbocycles. The van der Waals surface area contributed by atoms with Crippen LogP contribution in [-0.4, -0.2) is 33.3 Å². The average molecular weight is 378 g/mol. The molecule has 0 bridgehead atoms. The summed E-state index contributed by atoms with van der Waals surface area (Å²) in [5, 5.41) is 5.81. The van der Waals surface area contributed by atoms with Crippen LogP contribution in [0.25, 0.3) is 5.52 Å². The fourth-order valence-electron chi connectivity index (χ4n) is 2.98. The predicted octanol–water partition coefficient (Wildman–Crippen LogP) is 3.23. The maximum Gasteiger partial charge on any atom is 0.287 e. The van der Waals surface area contributed by atoms with Crippen LogP contribution < -0.4 is 10.6 Å². The fraction of sp³-hybridized carbons (Fsp3) is 0.318. The molecular weight excluding hydrogens is 352 g/mol. The van der Waals surface area contributed by atoms with Crippen LogP contribution in [0.4, 0.5) is 0 Å². The van der Waals surface area contributed by atoms with Crippen molar-refractivity contribution in [3.05, 3.63) is 71.8 Å². The molecule has 2 aromatic heterocycles. The Morgan fingerprint density at radius 2 is 1.71 bits per heavy atom. The Morgan fingerprint density at radius 1 is 1.00 bits per heavy atom. The number of pyridine rings is 1. The van der Waals surface area contributed by atoms with Gasteiger partial charge in [0.15, 0.2) is 5.69 Å². The van der Waals surface area contributed by atoms with Crippen LogP contribution >= 0.6 is 0 Å². The molecule has 2 heterocycles. The highest BCUT2D eigenvalue weighted by Crippen LogP contribution is 2.14. The van der Waals surface area contributed by atoms with Gasteiger partial charge in [0.25, 0.3) is 11.8 Å². The molecule has 0 fully saturated rings. The van der Waals surface area contributed by atoms with E-state index >= 15 is 0 Å². The van der Waals surface area contributed by atoms with E-state index in [1.807, 2.05) is 51.1 Å². The molecule has 3 rings (SSSR count). The first-order valence-electron chi connectivity index (χ1n) is 9.47. The fourth-order valence-corrected chi connectivity index (χ4v) is 2.98.